The van der Waals surface area contributed by atoms with E-state index in [9.17, 15) is 14.4 Å². The number of nitrogens with zero attached hydrogens (tertiary/aromatic N) is 1. The number of rotatable bonds is 6. The molecule has 31 heavy (non-hydrogen) atoms. The zero-order valence-corrected chi connectivity index (χ0v) is 17.2. The van der Waals surface area contributed by atoms with E-state index in [2.05, 4.69) is 10.6 Å². The zero-order valence-electron chi connectivity index (χ0n) is 17.2. The Morgan fingerprint density at radius 3 is 2.61 bits per heavy atom. The van der Waals surface area contributed by atoms with Crippen LogP contribution in [0.15, 0.2) is 48.5 Å². The number of fused-ring (bicyclic) bond motifs is 1. The Morgan fingerprint density at radius 1 is 1.19 bits per heavy atom. The maximum Gasteiger partial charge on any atom is 0.325 e. The van der Waals surface area contributed by atoms with Gasteiger partial charge in [-0.15, -0.1) is 0 Å². The van der Waals surface area contributed by atoms with Gasteiger partial charge in [-0.1, -0.05) is 24.3 Å². The molecule has 4 amide bonds. The highest BCUT2D eigenvalue weighted by atomic mass is 16.6. The first-order valence-corrected chi connectivity index (χ1v) is 9.84. The summed E-state index contributed by atoms with van der Waals surface area (Å²) in [6, 6.07) is 13.5. The minimum absolute atomic E-state index is 0.187. The molecule has 162 valence electrons. The van der Waals surface area contributed by atoms with Crippen LogP contribution in [0.5, 0.6) is 17.2 Å². The molecule has 9 nitrogen and oxygen atoms in total. The van der Waals surface area contributed by atoms with E-state index in [0.29, 0.717) is 22.8 Å². The summed E-state index contributed by atoms with van der Waals surface area (Å²) in [6.07, 6.45) is -0.369. The maximum absolute atomic E-state index is 13.0. The molecule has 2 aromatic carbocycles. The number of carbonyl (C=O) groups excluding carboxylic acids is 3. The van der Waals surface area contributed by atoms with E-state index >= 15 is 0 Å². The third kappa shape index (κ3) is 3.98. The van der Waals surface area contributed by atoms with Crippen LogP contribution in [0.4, 0.5) is 4.79 Å². The molecule has 0 unspecified atom stereocenters. The predicted octanol–water partition coefficient (Wildman–Crippen LogP) is 1.42. The fourth-order valence-electron chi connectivity index (χ4n) is 3.55. The summed E-state index contributed by atoms with van der Waals surface area (Å²) in [5, 5.41) is 5.38. The highest BCUT2D eigenvalue weighted by Gasteiger charge is 2.49. The van der Waals surface area contributed by atoms with E-state index in [0.717, 1.165) is 4.90 Å². The first-order valence-electron chi connectivity index (χ1n) is 9.84. The largest absolute Gasteiger partial charge is 0.497 e. The van der Waals surface area contributed by atoms with E-state index in [4.69, 9.17) is 14.2 Å². The number of methoxy groups -OCH3 is 1. The number of imide groups is 1. The molecule has 2 heterocycles. The number of hydrogen-bond donors (Lipinski definition) is 2. The summed E-state index contributed by atoms with van der Waals surface area (Å²) in [5.41, 5.74) is -0.658. The summed E-state index contributed by atoms with van der Waals surface area (Å²) in [5.74, 6) is 0.936. The number of para-hydroxylation sites is 2. The van der Waals surface area contributed by atoms with Crippen LogP contribution >= 0.6 is 0 Å². The Balaban J connectivity index is 1.35. The Labute approximate surface area is 179 Å². The van der Waals surface area contributed by atoms with Gasteiger partial charge >= 0.3 is 6.03 Å². The molecular weight excluding hydrogens is 402 g/mol. The quantitative estimate of drug-likeness (QED) is 0.678. The number of ether oxygens (including phenoxy) is 3. The van der Waals surface area contributed by atoms with Crippen molar-refractivity contribution in [1.29, 1.82) is 0 Å². The van der Waals surface area contributed by atoms with E-state index in [-0.39, 0.29) is 25.8 Å². The van der Waals surface area contributed by atoms with Crippen LogP contribution in [0.3, 0.4) is 0 Å². The van der Waals surface area contributed by atoms with Crippen molar-refractivity contribution in [3.05, 3.63) is 54.1 Å². The van der Waals surface area contributed by atoms with E-state index < -0.39 is 23.4 Å². The number of hydrogen-bond acceptors (Lipinski definition) is 6. The van der Waals surface area contributed by atoms with Crippen molar-refractivity contribution in [3.8, 4) is 17.2 Å². The SMILES string of the molecule is COc1ccc([C@]2(C)NC(=O)N(CC(=O)NC[C@@H]3COc4ccccc4O3)C2=O)cc1. The fourth-order valence-corrected chi connectivity index (χ4v) is 3.55. The van der Waals surface area contributed by atoms with Crippen molar-refractivity contribution in [1.82, 2.24) is 15.5 Å². The zero-order chi connectivity index (χ0) is 22.0. The molecule has 0 radical (unpaired) electrons. The van der Waals surface area contributed by atoms with Crippen molar-refractivity contribution in [2.75, 3.05) is 26.8 Å². The third-order valence-electron chi connectivity index (χ3n) is 5.34. The molecule has 2 aliphatic heterocycles. The Bertz CT molecular complexity index is 1010. The molecule has 1 saturated heterocycles. The van der Waals surface area contributed by atoms with Gasteiger partial charge in [-0.05, 0) is 36.8 Å². The lowest BCUT2D eigenvalue weighted by Crippen LogP contribution is -2.46. The summed E-state index contributed by atoms with van der Waals surface area (Å²) in [6.45, 7) is 1.70. The van der Waals surface area contributed by atoms with Crippen molar-refractivity contribution < 1.29 is 28.6 Å². The van der Waals surface area contributed by atoms with Gasteiger partial charge in [-0.3, -0.25) is 14.5 Å². The lowest BCUT2D eigenvalue weighted by molar-refractivity contribution is -0.134. The molecule has 4 rings (SSSR count). The maximum atomic E-state index is 13.0. The van der Waals surface area contributed by atoms with Gasteiger partial charge in [0.15, 0.2) is 11.5 Å². The third-order valence-corrected chi connectivity index (χ3v) is 5.34. The van der Waals surface area contributed by atoms with Crippen molar-refractivity contribution in [2.24, 2.45) is 0 Å². The second-order valence-corrected chi connectivity index (χ2v) is 7.48. The smallest absolute Gasteiger partial charge is 0.325 e. The molecule has 0 spiro atoms. The topological polar surface area (TPSA) is 106 Å². The predicted molar refractivity (Wildman–Crippen MR) is 110 cm³/mol. The monoisotopic (exact) mass is 425 g/mol. The van der Waals surface area contributed by atoms with Gasteiger partial charge in [0, 0.05) is 0 Å². The Kier molecular flexibility index (Phi) is 5.41. The first-order chi connectivity index (χ1) is 14.9. The van der Waals surface area contributed by atoms with Crippen molar-refractivity contribution >= 4 is 17.8 Å². The van der Waals surface area contributed by atoms with Crippen LogP contribution in [-0.4, -0.2) is 55.7 Å². The number of amides is 4. The second-order valence-electron chi connectivity index (χ2n) is 7.48. The number of urea groups is 1. The highest BCUT2D eigenvalue weighted by Crippen LogP contribution is 2.31. The number of nitrogens with one attached hydrogen (secondary N) is 2. The van der Waals surface area contributed by atoms with Gasteiger partial charge < -0.3 is 24.8 Å². The number of benzene rings is 2. The lowest BCUT2D eigenvalue weighted by atomic mass is 9.92. The molecule has 0 aliphatic carbocycles. The highest BCUT2D eigenvalue weighted by molar-refractivity contribution is 6.09. The lowest BCUT2D eigenvalue weighted by Gasteiger charge is -2.26. The summed E-state index contributed by atoms with van der Waals surface area (Å²) in [7, 11) is 1.54. The van der Waals surface area contributed by atoms with E-state index in [1.54, 1.807) is 44.4 Å². The Morgan fingerprint density at radius 2 is 1.90 bits per heavy atom. The van der Waals surface area contributed by atoms with Gasteiger partial charge in [0.25, 0.3) is 5.91 Å². The van der Waals surface area contributed by atoms with Crippen LogP contribution in [0, 0.1) is 0 Å². The molecule has 0 saturated carbocycles. The molecule has 2 aliphatic rings. The molecule has 1 fully saturated rings. The standard InChI is InChI=1S/C22H23N3O6/c1-22(14-7-9-15(29-2)10-8-14)20(27)25(21(28)24-22)12-19(26)23-11-16-13-30-17-5-3-4-6-18(17)31-16/h3-10,16H,11-13H2,1-2H3,(H,23,26)(H,24,28)/t16-,22+/m1/s1. The van der Waals surface area contributed by atoms with E-state index in [1.165, 1.54) is 0 Å². The van der Waals surface area contributed by atoms with Gasteiger partial charge in [-0.2, -0.15) is 0 Å². The summed E-state index contributed by atoms with van der Waals surface area (Å²) >= 11 is 0. The second kappa shape index (κ2) is 8.17. The molecule has 2 aromatic rings. The molecule has 0 bridgehead atoms. The van der Waals surface area contributed by atoms with Crippen molar-refractivity contribution in [2.45, 2.75) is 18.6 Å². The van der Waals surface area contributed by atoms with Crippen LogP contribution < -0.4 is 24.8 Å². The number of carbonyl (C=O) groups is 3. The molecular formula is C22H23N3O6. The van der Waals surface area contributed by atoms with Gasteiger partial charge in [-0.25, -0.2) is 4.79 Å². The normalized spacial score (nSPS) is 22.1. The van der Waals surface area contributed by atoms with Crippen LogP contribution in [0.25, 0.3) is 0 Å². The minimum Gasteiger partial charge on any atom is -0.497 e. The average molecular weight is 425 g/mol. The molecule has 2 atom stereocenters. The van der Waals surface area contributed by atoms with Gasteiger partial charge in [0.2, 0.25) is 5.91 Å². The average Bonchev–Trinajstić information content (AvgIpc) is 3.01. The van der Waals surface area contributed by atoms with Crippen LogP contribution in [-0.2, 0) is 15.1 Å². The molecule has 9 heteroatoms. The van der Waals surface area contributed by atoms with Gasteiger partial charge in [0.1, 0.15) is 30.5 Å². The molecule has 0 aromatic heterocycles. The van der Waals surface area contributed by atoms with Crippen LogP contribution in [0.1, 0.15) is 12.5 Å². The first kappa shape index (κ1) is 20.5. The molecule has 2 N–H and O–H groups in total. The fraction of sp³-hybridized carbons (Fsp3) is 0.318. The summed E-state index contributed by atoms with van der Waals surface area (Å²) in [4.78, 5) is 38.7. The Hall–Kier alpha value is -3.75. The van der Waals surface area contributed by atoms with Gasteiger partial charge in [0.05, 0.1) is 13.7 Å². The van der Waals surface area contributed by atoms with Crippen molar-refractivity contribution in [3.63, 3.8) is 0 Å². The summed E-state index contributed by atoms with van der Waals surface area (Å²) < 4.78 is 16.5. The van der Waals surface area contributed by atoms with E-state index in [1.807, 2.05) is 18.2 Å². The van der Waals surface area contributed by atoms with Crippen LogP contribution in [0.2, 0.25) is 0 Å². The minimum atomic E-state index is -1.26.